The fraction of sp³-hybridized carbons (Fsp3) is 0.500. The van der Waals surface area contributed by atoms with Gasteiger partial charge < -0.3 is 9.47 Å². The highest BCUT2D eigenvalue weighted by Crippen LogP contribution is 2.24. The van der Waals surface area contributed by atoms with E-state index in [-0.39, 0.29) is 5.97 Å². The van der Waals surface area contributed by atoms with E-state index in [0.29, 0.717) is 32.0 Å². The van der Waals surface area contributed by atoms with Gasteiger partial charge in [-0.05, 0) is 24.6 Å². The number of hydrogen-bond donors (Lipinski definition) is 0. The molecule has 25 heavy (non-hydrogen) atoms. The molecule has 0 saturated carbocycles. The fourth-order valence-electron chi connectivity index (χ4n) is 3.15. The zero-order chi connectivity index (χ0) is 17.6. The second kappa shape index (κ2) is 8.22. The summed E-state index contributed by atoms with van der Waals surface area (Å²) in [4.78, 5) is 18.7. The lowest BCUT2D eigenvalue weighted by atomic mass is 10.0. The molecule has 0 spiro atoms. The molecule has 2 aromatic heterocycles. The second-order valence-corrected chi connectivity index (χ2v) is 6.03. The molecule has 2 aromatic rings. The Labute approximate surface area is 147 Å². The van der Waals surface area contributed by atoms with E-state index in [0.717, 1.165) is 30.8 Å². The molecule has 3 heterocycles. The molecule has 0 bridgehead atoms. The Morgan fingerprint density at radius 2 is 2.12 bits per heavy atom. The number of esters is 1. The highest BCUT2D eigenvalue weighted by atomic mass is 16.5. The van der Waals surface area contributed by atoms with Crippen LogP contribution in [0.3, 0.4) is 0 Å². The summed E-state index contributed by atoms with van der Waals surface area (Å²) in [5.41, 5.74) is 3.75. The van der Waals surface area contributed by atoms with E-state index in [2.05, 4.69) is 15.0 Å². The number of fused-ring (bicyclic) bond motifs is 1. The molecule has 0 atom stereocenters. The molecular weight excluding hydrogens is 320 g/mol. The van der Waals surface area contributed by atoms with Crippen LogP contribution in [0.1, 0.15) is 34.2 Å². The third-order valence-corrected chi connectivity index (χ3v) is 4.34. The molecule has 0 N–H and O–H groups in total. The largest absolute Gasteiger partial charge is 0.461 e. The Morgan fingerprint density at radius 3 is 2.84 bits per heavy atom. The van der Waals surface area contributed by atoms with Gasteiger partial charge in [0.05, 0.1) is 19.8 Å². The number of ether oxygens (including phenoxy) is 2. The average Bonchev–Trinajstić information content (AvgIpc) is 2.99. The lowest BCUT2D eigenvalue weighted by Crippen LogP contribution is -2.31. The van der Waals surface area contributed by atoms with Crippen molar-refractivity contribution < 1.29 is 14.3 Å². The van der Waals surface area contributed by atoms with Crippen molar-refractivity contribution in [1.82, 2.24) is 19.7 Å². The normalized spacial score (nSPS) is 14.3. The van der Waals surface area contributed by atoms with Gasteiger partial charge in [-0.15, -0.1) is 0 Å². The topological polar surface area (TPSA) is 69.5 Å². The Balaban J connectivity index is 1.82. The molecule has 0 radical (unpaired) electrons. The van der Waals surface area contributed by atoms with E-state index in [1.54, 1.807) is 19.5 Å². The maximum Gasteiger partial charge on any atom is 0.359 e. The lowest BCUT2D eigenvalue weighted by Gasteiger charge is -2.27. The minimum absolute atomic E-state index is 0.346. The molecule has 0 saturated heterocycles. The van der Waals surface area contributed by atoms with Crippen molar-refractivity contribution in [1.29, 1.82) is 0 Å². The number of nitrogens with zero attached hydrogens (tertiary/aromatic N) is 4. The first-order valence-electron chi connectivity index (χ1n) is 8.58. The lowest BCUT2D eigenvalue weighted by molar-refractivity contribution is 0.0515. The van der Waals surface area contributed by atoms with E-state index in [1.807, 2.05) is 23.7 Å². The van der Waals surface area contributed by atoms with Gasteiger partial charge in [0, 0.05) is 56.8 Å². The molecule has 3 rings (SSSR count). The van der Waals surface area contributed by atoms with E-state index < -0.39 is 0 Å². The van der Waals surface area contributed by atoms with Crippen molar-refractivity contribution in [2.45, 2.75) is 33.0 Å². The first-order chi connectivity index (χ1) is 12.2. The van der Waals surface area contributed by atoms with Gasteiger partial charge in [0.2, 0.25) is 0 Å². The van der Waals surface area contributed by atoms with E-state index in [1.165, 1.54) is 5.56 Å². The standard InChI is InChI=1S/C18H24N4O3/c1-3-25-18(23)17-15-13-21(12-14-4-7-19-8-5-14)9-6-16(15)22(20-17)10-11-24-2/h4-5,7-8H,3,6,9-13H2,1-2H3. The maximum atomic E-state index is 12.3. The van der Waals surface area contributed by atoms with Crippen molar-refractivity contribution in [2.75, 3.05) is 26.9 Å². The van der Waals surface area contributed by atoms with Crippen LogP contribution in [0.2, 0.25) is 0 Å². The van der Waals surface area contributed by atoms with Gasteiger partial charge in [0.1, 0.15) is 0 Å². The summed E-state index contributed by atoms with van der Waals surface area (Å²) in [6.45, 7) is 5.81. The maximum absolute atomic E-state index is 12.3. The number of aromatic nitrogens is 3. The first kappa shape index (κ1) is 17.6. The van der Waals surface area contributed by atoms with Crippen LogP contribution in [0, 0.1) is 0 Å². The molecule has 0 aliphatic carbocycles. The zero-order valence-corrected chi connectivity index (χ0v) is 14.8. The van der Waals surface area contributed by atoms with Gasteiger partial charge in [0.15, 0.2) is 5.69 Å². The molecule has 1 aliphatic rings. The van der Waals surface area contributed by atoms with Crippen LogP contribution in [-0.2, 0) is 35.5 Å². The van der Waals surface area contributed by atoms with Crippen LogP contribution in [0.4, 0.5) is 0 Å². The summed E-state index contributed by atoms with van der Waals surface area (Å²) < 4.78 is 12.3. The summed E-state index contributed by atoms with van der Waals surface area (Å²) in [5.74, 6) is -0.347. The highest BCUT2D eigenvalue weighted by Gasteiger charge is 2.28. The molecule has 134 valence electrons. The van der Waals surface area contributed by atoms with Crippen molar-refractivity contribution >= 4 is 5.97 Å². The monoisotopic (exact) mass is 344 g/mol. The molecule has 7 nitrogen and oxygen atoms in total. The second-order valence-electron chi connectivity index (χ2n) is 6.03. The zero-order valence-electron chi connectivity index (χ0n) is 14.8. The smallest absolute Gasteiger partial charge is 0.359 e. The van der Waals surface area contributed by atoms with Gasteiger partial charge in [-0.25, -0.2) is 4.79 Å². The molecular formula is C18H24N4O3. The van der Waals surface area contributed by atoms with E-state index in [4.69, 9.17) is 9.47 Å². The minimum Gasteiger partial charge on any atom is -0.461 e. The van der Waals surface area contributed by atoms with Crippen molar-refractivity contribution in [3.05, 3.63) is 47.0 Å². The predicted molar refractivity (Wildman–Crippen MR) is 92.1 cm³/mol. The summed E-state index contributed by atoms with van der Waals surface area (Å²) in [5, 5.41) is 4.51. The van der Waals surface area contributed by atoms with Gasteiger partial charge >= 0.3 is 5.97 Å². The summed E-state index contributed by atoms with van der Waals surface area (Å²) in [6, 6.07) is 4.04. The van der Waals surface area contributed by atoms with Gasteiger partial charge in [-0.3, -0.25) is 14.6 Å². The van der Waals surface area contributed by atoms with Crippen LogP contribution in [-0.4, -0.2) is 52.5 Å². The molecule has 0 aromatic carbocycles. The number of rotatable bonds is 7. The number of carbonyl (C=O) groups excluding carboxylic acids is 1. The third kappa shape index (κ3) is 4.05. The fourth-order valence-corrected chi connectivity index (χ4v) is 3.15. The number of pyridine rings is 1. The number of methoxy groups -OCH3 is 1. The van der Waals surface area contributed by atoms with Crippen molar-refractivity contribution in [3.63, 3.8) is 0 Å². The Morgan fingerprint density at radius 1 is 1.32 bits per heavy atom. The SMILES string of the molecule is CCOC(=O)c1nn(CCOC)c2c1CN(Cc1ccncc1)CC2. The van der Waals surface area contributed by atoms with Gasteiger partial charge in [0.25, 0.3) is 0 Å². The van der Waals surface area contributed by atoms with Crippen LogP contribution >= 0.6 is 0 Å². The quantitative estimate of drug-likeness (QED) is 0.712. The van der Waals surface area contributed by atoms with Crippen molar-refractivity contribution in [2.24, 2.45) is 0 Å². The molecule has 0 unspecified atom stereocenters. The Kier molecular flexibility index (Phi) is 5.78. The highest BCUT2D eigenvalue weighted by molar-refractivity contribution is 5.89. The third-order valence-electron chi connectivity index (χ3n) is 4.34. The Hall–Kier alpha value is -2.25. The number of hydrogen-bond acceptors (Lipinski definition) is 6. The van der Waals surface area contributed by atoms with E-state index in [9.17, 15) is 4.79 Å². The van der Waals surface area contributed by atoms with Crippen LogP contribution in [0.25, 0.3) is 0 Å². The van der Waals surface area contributed by atoms with Gasteiger partial charge in [-0.2, -0.15) is 5.10 Å². The van der Waals surface area contributed by atoms with Crippen LogP contribution in [0.5, 0.6) is 0 Å². The number of carbonyl (C=O) groups is 1. The summed E-state index contributed by atoms with van der Waals surface area (Å²) >= 11 is 0. The van der Waals surface area contributed by atoms with Crippen LogP contribution < -0.4 is 0 Å². The average molecular weight is 344 g/mol. The summed E-state index contributed by atoms with van der Waals surface area (Å²) in [7, 11) is 1.67. The molecule has 1 aliphatic heterocycles. The summed E-state index contributed by atoms with van der Waals surface area (Å²) in [6.07, 6.45) is 4.46. The van der Waals surface area contributed by atoms with Crippen LogP contribution in [0.15, 0.2) is 24.5 Å². The molecule has 0 fully saturated rings. The molecule has 0 amide bonds. The first-order valence-corrected chi connectivity index (χ1v) is 8.58. The predicted octanol–water partition coefficient (Wildman–Crippen LogP) is 1.66. The minimum atomic E-state index is -0.347. The molecule has 7 heteroatoms. The van der Waals surface area contributed by atoms with E-state index >= 15 is 0 Å². The van der Waals surface area contributed by atoms with Crippen molar-refractivity contribution in [3.8, 4) is 0 Å². The Bertz CT molecular complexity index is 715. The van der Waals surface area contributed by atoms with Gasteiger partial charge in [-0.1, -0.05) is 0 Å².